The average Bonchev–Trinajstić information content (AvgIpc) is 2.51. The van der Waals surface area contributed by atoms with Gasteiger partial charge in [0.25, 0.3) is 5.91 Å². The lowest BCUT2D eigenvalue weighted by atomic mass is 10.0. The van der Waals surface area contributed by atoms with E-state index in [1.807, 2.05) is 37.3 Å². The molecule has 1 saturated heterocycles. The number of hydrogen-bond donors (Lipinski definition) is 0. The normalized spacial score (nSPS) is 18.6. The van der Waals surface area contributed by atoms with Gasteiger partial charge in [-0.3, -0.25) is 9.69 Å². The van der Waals surface area contributed by atoms with Crippen LogP contribution in [0.4, 0.5) is 4.79 Å². The van der Waals surface area contributed by atoms with Crippen molar-refractivity contribution in [3.63, 3.8) is 0 Å². The molecule has 1 aliphatic heterocycles. The molecule has 0 saturated carbocycles. The SMILES string of the molecule is CCN1C(=O)N(Cc2ccccc2)C(=O)C1(C)C. The molecule has 0 aromatic heterocycles. The van der Waals surface area contributed by atoms with Crippen molar-refractivity contribution < 1.29 is 9.59 Å². The summed E-state index contributed by atoms with van der Waals surface area (Å²) in [4.78, 5) is 27.4. The molecule has 1 aliphatic rings. The minimum atomic E-state index is -0.736. The van der Waals surface area contributed by atoms with Crippen LogP contribution < -0.4 is 0 Å². The summed E-state index contributed by atoms with van der Waals surface area (Å²) in [6.45, 7) is 6.36. The molecule has 1 heterocycles. The van der Waals surface area contributed by atoms with Gasteiger partial charge >= 0.3 is 6.03 Å². The van der Waals surface area contributed by atoms with Gasteiger partial charge < -0.3 is 4.90 Å². The largest absolute Gasteiger partial charge is 0.327 e. The van der Waals surface area contributed by atoms with Gasteiger partial charge in [-0.2, -0.15) is 0 Å². The third-order valence-corrected chi connectivity index (χ3v) is 3.40. The number of carbonyl (C=O) groups excluding carboxylic acids is 2. The van der Waals surface area contributed by atoms with Crippen molar-refractivity contribution in [2.75, 3.05) is 6.54 Å². The second kappa shape index (κ2) is 4.44. The fraction of sp³-hybridized carbons (Fsp3) is 0.429. The van der Waals surface area contributed by atoms with E-state index in [-0.39, 0.29) is 11.9 Å². The second-order valence-corrected chi connectivity index (χ2v) is 4.96. The van der Waals surface area contributed by atoms with Crippen molar-refractivity contribution in [1.29, 1.82) is 0 Å². The topological polar surface area (TPSA) is 40.6 Å². The van der Waals surface area contributed by atoms with Crippen LogP contribution in [0.5, 0.6) is 0 Å². The summed E-state index contributed by atoms with van der Waals surface area (Å²) < 4.78 is 0. The molecule has 0 aliphatic carbocycles. The highest BCUT2D eigenvalue weighted by Gasteiger charge is 2.50. The molecule has 18 heavy (non-hydrogen) atoms. The molecular formula is C14H18N2O2. The van der Waals surface area contributed by atoms with Crippen LogP contribution in [-0.4, -0.2) is 33.8 Å². The van der Waals surface area contributed by atoms with E-state index in [0.29, 0.717) is 13.1 Å². The summed E-state index contributed by atoms with van der Waals surface area (Å²) in [5, 5.41) is 0. The predicted octanol–water partition coefficient (Wildman–Crippen LogP) is 2.25. The third kappa shape index (κ3) is 1.88. The monoisotopic (exact) mass is 246 g/mol. The highest BCUT2D eigenvalue weighted by Crippen LogP contribution is 2.28. The minimum absolute atomic E-state index is 0.127. The second-order valence-electron chi connectivity index (χ2n) is 4.96. The molecule has 4 heteroatoms. The first-order valence-electron chi connectivity index (χ1n) is 6.16. The van der Waals surface area contributed by atoms with Gasteiger partial charge in [0.05, 0.1) is 6.54 Å². The Morgan fingerprint density at radius 3 is 2.22 bits per heavy atom. The number of benzene rings is 1. The van der Waals surface area contributed by atoms with Gasteiger partial charge in [0.2, 0.25) is 0 Å². The van der Waals surface area contributed by atoms with Crippen molar-refractivity contribution in [2.24, 2.45) is 0 Å². The van der Waals surface area contributed by atoms with Crippen molar-refractivity contribution in [3.8, 4) is 0 Å². The van der Waals surface area contributed by atoms with E-state index in [0.717, 1.165) is 5.56 Å². The number of nitrogens with zero attached hydrogens (tertiary/aromatic N) is 2. The zero-order valence-corrected chi connectivity index (χ0v) is 11.0. The molecule has 0 atom stereocenters. The molecule has 0 N–H and O–H groups in total. The standard InChI is InChI=1S/C14H18N2O2/c1-4-16-13(18)15(12(17)14(16,2)3)10-11-8-6-5-7-9-11/h5-9H,4,10H2,1-3H3. The van der Waals surface area contributed by atoms with Gasteiger partial charge in [-0.25, -0.2) is 4.79 Å². The van der Waals surface area contributed by atoms with Crippen LogP contribution in [0.2, 0.25) is 0 Å². The van der Waals surface area contributed by atoms with E-state index in [1.165, 1.54) is 4.90 Å². The van der Waals surface area contributed by atoms with Crippen molar-refractivity contribution in [2.45, 2.75) is 32.9 Å². The van der Waals surface area contributed by atoms with Crippen LogP contribution in [-0.2, 0) is 11.3 Å². The first kappa shape index (κ1) is 12.6. The average molecular weight is 246 g/mol. The number of amides is 3. The Labute approximate surface area is 107 Å². The molecule has 1 aromatic carbocycles. The molecule has 2 rings (SSSR count). The van der Waals surface area contributed by atoms with E-state index in [4.69, 9.17) is 0 Å². The summed E-state index contributed by atoms with van der Waals surface area (Å²) >= 11 is 0. The van der Waals surface area contributed by atoms with Crippen molar-refractivity contribution in [3.05, 3.63) is 35.9 Å². The summed E-state index contributed by atoms with van der Waals surface area (Å²) in [6, 6.07) is 9.37. The van der Waals surface area contributed by atoms with Gasteiger partial charge in [0.15, 0.2) is 0 Å². The first-order valence-corrected chi connectivity index (χ1v) is 6.16. The van der Waals surface area contributed by atoms with Crippen LogP contribution in [0.15, 0.2) is 30.3 Å². The van der Waals surface area contributed by atoms with E-state index < -0.39 is 5.54 Å². The molecule has 3 amide bonds. The fourth-order valence-corrected chi connectivity index (χ4v) is 2.35. The van der Waals surface area contributed by atoms with Crippen LogP contribution in [0.3, 0.4) is 0 Å². The number of likely N-dealkylation sites (N-methyl/N-ethyl adjacent to an activating group) is 1. The molecule has 0 spiro atoms. The van der Waals surface area contributed by atoms with Crippen LogP contribution in [0.1, 0.15) is 26.3 Å². The Morgan fingerprint density at radius 2 is 1.72 bits per heavy atom. The summed E-state index contributed by atoms with van der Waals surface area (Å²) in [7, 11) is 0. The van der Waals surface area contributed by atoms with Crippen molar-refractivity contribution >= 4 is 11.9 Å². The van der Waals surface area contributed by atoms with E-state index >= 15 is 0 Å². The Hall–Kier alpha value is -1.84. The number of carbonyl (C=O) groups is 2. The quantitative estimate of drug-likeness (QED) is 0.767. The lowest BCUT2D eigenvalue weighted by molar-refractivity contribution is -0.132. The Balaban J connectivity index is 2.25. The number of hydrogen-bond acceptors (Lipinski definition) is 2. The molecule has 1 aromatic rings. The van der Waals surface area contributed by atoms with Crippen molar-refractivity contribution in [1.82, 2.24) is 9.80 Å². The Kier molecular flexibility index (Phi) is 3.11. The van der Waals surface area contributed by atoms with Crippen LogP contribution >= 0.6 is 0 Å². The number of urea groups is 1. The van der Waals surface area contributed by atoms with Gasteiger partial charge in [-0.15, -0.1) is 0 Å². The van der Waals surface area contributed by atoms with Gasteiger partial charge in [0, 0.05) is 6.54 Å². The molecule has 0 bridgehead atoms. The summed E-state index contributed by atoms with van der Waals surface area (Å²) in [6.07, 6.45) is 0. The maximum Gasteiger partial charge on any atom is 0.327 e. The smallest absolute Gasteiger partial charge is 0.310 e. The van der Waals surface area contributed by atoms with Gasteiger partial charge in [-0.05, 0) is 26.3 Å². The highest BCUT2D eigenvalue weighted by molar-refractivity contribution is 6.06. The predicted molar refractivity (Wildman–Crippen MR) is 68.8 cm³/mol. The highest BCUT2D eigenvalue weighted by atomic mass is 16.2. The van der Waals surface area contributed by atoms with Gasteiger partial charge in [0.1, 0.15) is 5.54 Å². The molecular weight excluding hydrogens is 228 g/mol. The molecule has 0 unspecified atom stereocenters. The van der Waals surface area contributed by atoms with E-state index in [2.05, 4.69) is 0 Å². The summed E-state index contributed by atoms with van der Waals surface area (Å²) in [5.74, 6) is -0.127. The summed E-state index contributed by atoms with van der Waals surface area (Å²) in [5.41, 5.74) is 0.230. The maximum atomic E-state index is 12.3. The minimum Gasteiger partial charge on any atom is -0.310 e. The number of rotatable bonds is 3. The molecule has 96 valence electrons. The first-order chi connectivity index (χ1) is 8.48. The third-order valence-electron chi connectivity index (χ3n) is 3.40. The van der Waals surface area contributed by atoms with E-state index in [9.17, 15) is 9.59 Å². The van der Waals surface area contributed by atoms with E-state index in [1.54, 1.807) is 18.7 Å². The lowest BCUT2D eigenvalue weighted by Gasteiger charge is -2.25. The fourth-order valence-electron chi connectivity index (χ4n) is 2.35. The zero-order chi connectivity index (χ0) is 13.3. The maximum absolute atomic E-state index is 12.3. The van der Waals surface area contributed by atoms with Crippen LogP contribution in [0.25, 0.3) is 0 Å². The number of imide groups is 1. The molecule has 1 fully saturated rings. The van der Waals surface area contributed by atoms with Crippen LogP contribution in [0, 0.1) is 0 Å². The molecule has 0 radical (unpaired) electrons. The molecule has 4 nitrogen and oxygen atoms in total. The zero-order valence-electron chi connectivity index (χ0n) is 11.0. The Bertz CT molecular complexity index is 468. The lowest BCUT2D eigenvalue weighted by Crippen LogP contribution is -2.43. The Morgan fingerprint density at radius 1 is 1.11 bits per heavy atom. The van der Waals surface area contributed by atoms with Gasteiger partial charge in [-0.1, -0.05) is 30.3 Å².